The Morgan fingerprint density at radius 3 is 2.85 bits per heavy atom. The van der Waals surface area contributed by atoms with Crippen molar-refractivity contribution in [3.05, 3.63) is 34.7 Å². The Morgan fingerprint density at radius 1 is 1.35 bits per heavy atom. The van der Waals surface area contributed by atoms with Gasteiger partial charge in [-0.05, 0) is 37.3 Å². The maximum Gasteiger partial charge on any atom is 0.203 e. The molecule has 1 atom stereocenters. The molecule has 3 nitrogen and oxygen atoms in total. The molecule has 1 saturated carbocycles. The van der Waals surface area contributed by atoms with E-state index in [0.29, 0.717) is 0 Å². The molecule has 0 unspecified atom stereocenters. The summed E-state index contributed by atoms with van der Waals surface area (Å²) in [5.41, 5.74) is 6.35. The highest BCUT2D eigenvalue weighted by Crippen LogP contribution is 2.27. The molecule has 1 N–H and O–H groups in total. The van der Waals surface area contributed by atoms with Gasteiger partial charge in [0, 0.05) is 21.7 Å². The molecule has 1 fully saturated rings. The van der Waals surface area contributed by atoms with Crippen molar-refractivity contribution in [1.29, 1.82) is 0 Å². The SMILES string of the molecule is C[C@H]1CC/C(=N/Nc2nc(-c3ccc(Cl)cc3)cs2)C1. The second-order valence-electron chi connectivity index (χ2n) is 5.18. The average Bonchev–Trinajstić information content (AvgIpc) is 3.06. The number of halogens is 1. The van der Waals surface area contributed by atoms with Gasteiger partial charge < -0.3 is 0 Å². The average molecular weight is 306 g/mol. The minimum Gasteiger partial charge on any atom is -0.253 e. The van der Waals surface area contributed by atoms with Crippen molar-refractivity contribution in [3.8, 4) is 11.3 Å². The van der Waals surface area contributed by atoms with Crippen LogP contribution < -0.4 is 5.43 Å². The molecule has 0 aliphatic heterocycles. The van der Waals surface area contributed by atoms with Crippen LogP contribution in [0, 0.1) is 5.92 Å². The van der Waals surface area contributed by atoms with E-state index in [-0.39, 0.29) is 0 Å². The summed E-state index contributed by atoms with van der Waals surface area (Å²) in [6, 6.07) is 7.71. The summed E-state index contributed by atoms with van der Waals surface area (Å²) in [6.07, 6.45) is 3.44. The van der Waals surface area contributed by atoms with Gasteiger partial charge in [0.1, 0.15) is 0 Å². The van der Waals surface area contributed by atoms with Crippen LogP contribution in [0.3, 0.4) is 0 Å². The van der Waals surface area contributed by atoms with Gasteiger partial charge in [0.15, 0.2) is 0 Å². The largest absolute Gasteiger partial charge is 0.253 e. The fourth-order valence-corrected chi connectivity index (χ4v) is 3.11. The number of rotatable bonds is 3. The van der Waals surface area contributed by atoms with Gasteiger partial charge in [0.25, 0.3) is 0 Å². The molecular formula is C15H16ClN3S. The third kappa shape index (κ3) is 3.19. The molecule has 1 aliphatic carbocycles. The number of benzene rings is 1. The number of anilines is 1. The van der Waals surface area contributed by atoms with Gasteiger partial charge in [-0.3, -0.25) is 5.43 Å². The zero-order valence-corrected chi connectivity index (χ0v) is 12.8. The smallest absolute Gasteiger partial charge is 0.203 e. The first-order chi connectivity index (χ1) is 9.70. The molecule has 1 aromatic carbocycles. The normalized spacial score (nSPS) is 20.5. The van der Waals surface area contributed by atoms with Crippen molar-refractivity contribution < 1.29 is 0 Å². The van der Waals surface area contributed by atoms with E-state index < -0.39 is 0 Å². The first-order valence-electron chi connectivity index (χ1n) is 6.73. The van der Waals surface area contributed by atoms with Crippen molar-refractivity contribution >= 4 is 33.8 Å². The number of aromatic nitrogens is 1. The Morgan fingerprint density at radius 2 is 2.15 bits per heavy atom. The van der Waals surface area contributed by atoms with E-state index in [9.17, 15) is 0 Å². The van der Waals surface area contributed by atoms with Crippen LogP contribution >= 0.6 is 22.9 Å². The first kappa shape index (κ1) is 13.6. The molecule has 1 aliphatic rings. The van der Waals surface area contributed by atoms with E-state index >= 15 is 0 Å². The van der Waals surface area contributed by atoms with Gasteiger partial charge in [-0.1, -0.05) is 30.7 Å². The van der Waals surface area contributed by atoms with Crippen LogP contribution in [0.1, 0.15) is 26.2 Å². The molecule has 20 heavy (non-hydrogen) atoms. The lowest BCUT2D eigenvalue weighted by Gasteiger charge is -1.98. The van der Waals surface area contributed by atoms with Gasteiger partial charge in [-0.15, -0.1) is 11.3 Å². The zero-order valence-electron chi connectivity index (χ0n) is 11.3. The molecule has 0 radical (unpaired) electrons. The summed E-state index contributed by atoms with van der Waals surface area (Å²) >= 11 is 7.46. The van der Waals surface area contributed by atoms with Gasteiger partial charge in [0.2, 0.25) is 5.13 Å². The predicted molar refractivity (Wildman–Crippen MR) is 86.6 cm³/mol. The van der Waals surface area contributed by atoms with Crippen molar-refractivity contribution in [1.82, 2.24) is 4.98 Å². The van der Waals surface area contributed by atoms with Crippen molar-refractivity contribution in [2.24, 2.45) is 11.0 Å². The molecule has 104 valence electrons. The Kier molecular flexibility index (Phi) is 4.03. The quantitative estimate of drug-likeness (QED) is 0.806. The lowest BCUT2D eigenvalue weighted by atomic mass is 10.1. The third-order valence-electron chi connectivity index (χ3n) is 3.46. The fourth-order valence-electron chi connectivity index (χ4n) is 2.33. The Labute approximate surface area is 127 Å². The maximum atomic E-state index is 5.89. The Hall–Kier alpha value is -1.39. The molecule has 0 saturated heterocycles. The minimum atomic E-state index is 0.740. The second kappa shape index (κ2) is 5.94. The van der Waals surface area contributed by atoms with Crippen LogP contribution in [-0.2, 0) is 0 Å². The summed E-state index contributed by atoms with van der Waals surface area (Å²) < 4.78 is 0. The van der Waals surface area contributed by atoms with Crippen LogP contribution in [0.2, 0.25) is 5.02 Å². The third-order valence-corrected chi connectivity index (χ3v) is 4.46. The molecule has 0 bridgehead atoms. The highest BCUT2D eigenvalue weighted by Gasteiger charge is 2.16. The fraction of sp³-hybridized carbons (Fsp3) is 0.333. The van der Waals surface area contributed by atoms with Crippen LogP contribution in [0.5, 0.6) is 0 Å². The van der Waals surface area contributed by atoms with Crippen LogP contribution in [0.15, 0.2) is 34.7 Å². The van der Waals surface area contributed by atoms with E-state index in [1.807, 2.05) is 29.6 Å². The van der Waals surface area contributed by atoms with E-state index in [1.54, 1.807) is 11.3 Å². The van der Waals surface area contributed by atoms with Crippen molar-refractivity contribution in [2.75, 3.05) is 5.43 Å². The lowest BCUT2D eigenvalue weighted by Crippen LogP contribution is -1.97. The van der Waals surface area contributed by atoms with E-state index in [4.69, 9.17) is 11.6 Å². The highest BCUT2D eigenvalue weighted by molar-refractivity contribution is 7.14. The summed E-state index contributed by atoms with van der Waals surface area (Å²) in [7, 11) is 0. The van der Waals surface area contributed by atoms with Crippen LogP contribution in [0.25, 0.3) is 11.3 Å². The number of nitrogens with one attached hydrogen (secondary N) is 1. The number of thiazole rings is 1. The van der Waals surface area contributed by atoms with E-state index in [1.165, 1.54) is 12.1 Å². The molecule has 3 rings (SSSR count). The minimum absolute atomic E-state index is 0.740. The van der Waals surface area contributed by atoms with Crippen LogP contribution in [-0.4, -0.2) is 10.7 Å². The van der Waals surface area contributed by atoms with Crippen molar-refractivity contribution in [2.45, 2.75) is 26.2 Å². The standard InChI is InChI=1S/C15H16ClN3S/c1-10-2-7-13(8-10)18-19-15-17-14(9-20-15)11-3-5-12(16)6-4-11/h3-6,9-10H,2,7-8H2,1H3,(H,17,19)/b18-13-/t10-/m0/s1. The lowest BCUT2D eigenvalue weighted by molar-refractivity contribution is 0.623. The summed E-state index contributed by atoms with van der Waals surface area (Å²) in [5.74, 6) is 0.761. The molecular weight excluding hydrogens is 290 g/mol. The number of hydrogen-bond acceptors (Lipinski definition) is 4. The number of hydrazone groups is 1. The highest BCUT2D eigenvalue weighted by atomic mass is 35.5. The molecule has 5 heteroatoms. The molecule has 0 amide bonds. The van der Waals surface area contributed by atoms with E-state index in [0.717, 1.165) is 40.2 Å². The van der Waals surface area contributed by atoms with Gasteiger partial charge >= 0.3 is 0 Å². The maximum absolute atomic E-state index is 5.89. The monoisotopic (exact) mass is 305 g/mol. The zero-order chi connectivity index (χ0) is 13.9. The van der Waals surface area contributed by atoms with Gasteiger partial charge in [0.05, 0.1) is 5.69 Å². The number of hydrogen-bond donors (Lipinski definition) is 1. The topological polar surface area (TPSA) is 37.3 Å². The molecule has 0 spiro atoms. The number of nitrogens with zero attached hydrogens (tertiary/aromatic N) is 2. The van der Waals surface area contributed by atoms with Crippen LogP contribution in [0.4, 0.5) is 5.13 Å². The van der Waals surface area contributed by atoms with Gasteiger partial charge in [-0.25, -0.2) is 4.98 Å². The molecule has 1 heterocycles. The molecule has 2 aromatic rings. The summed E-state index contributed by atoms with van der Waals surface area (Å²) in [6.45, 7) is 2.27. The second-order valence-corrected chi connectivity index (χ2v) is 6.48. The summed E-state index contributed by atoms with van der Waals surface area (Å²) in [4.78, 5) is 4.55. The Bertz CT molecular complexity index is 618. The summed E-state index contributed by atoms with van der Waals surface area (Å²) in [5, 5.41) is 8.06. The Balaban J connectivity index is 1.69. The predicted octanol–water partition coefficient (Wildman–Crippen LogP) is 5.05. The van der Waals surface area contributed by atoms with E-state index in [2.05, 4.69) is 22.4 Å². The van der Waals surface area contributed by atoms with Crippen molar-refractivity contribution in [3.63, 3.8) is 0 Å². The molecule has 1 aromatic heterocycles. The first-order valence-corrected chi connectivity index (χ1v) is 7.99. The van der Waals surface area contributed by atoms with Gasteiger partial charge in [-0.2, -0.15) is 5.10 Å².